The molecule has 4 heteroatoms. The van der Waals surface area contributed by atoms with Crippen LogP contribution in [0.3, 0.4) is 0 Å². The van der Waals surface area contributed by atoms with Crippen LogP contribution in [0, 0.1) is 0 Å². The van der Waals surface area contributed by atoms with E-state index in [9.17, 15) is 4.79 Å². The van der Waals surface area contributed by atoms with Crippen molar-refractivity contribution in [1.29, 1.82) is 0 Å². The molecule has 0 saturated heterocycles. The Kier molecular flexibility index (Phi) is 5.41. The van der Waals surface area contributed by atoms with Crippen LogP contribution in [0.15, 0.2) is 60.7 Å². The summed E-state index contributed by atoms with van der Waals surface area (Å²) >= 11 is 6.15. The number of esters is 1. The zero-order chi connectivity index (χ0) is 15.1. The van der Waals surface area contributed by atoms with Gasteiger partial charge >= 0.3 is 5.97 Å². The second-order valence-corrected chi connectivity index (χ2v) is 4.69. The Balaban J connectivity index is 2.33. The number of carbonyl (C=O) groups is 1. The molecule has 3 nitrogen and oxygen atoms in total. The monoisotopic (exact) mass is 301 g/mol. The molecule has 0 bridgehead atoms. The zero-order valence-corrected chi connectivity index (χ0v) is 12.4. The van der Waals surface area contributed by atoms with E-state index in [0.717, 1.165) is 11.3 Å². The lowest BCUT2D eigenvalue weighted by atomic mass is 10.1. The maximum atomic E-state index is 11.7. The number of anilines is 1. The lowest BCUT2D eigenvalue weighted by molar-refractivity contribution is -0.137. The van der Waals surface area contributed by atoms with Crippen LogP contribution < -0.4 is 5.32 Å². The van der Waals surface area contributed by atoms with Crippen molar-refractivity contribution < 1.29 is 9.53 Å². The zero-order valence-electron chi connectivity index (χ0n) is 11.7. The molecule has 0 fully saturated rings. The van der Waals surface area contributed by atoms with Gasteiger partial charge in [0.1, 0.15) is 0 Å². The van der Waals surface area contributed by atoms with Gasteiger partial charge in [-0.2, -0.15) is 0 Å². The predicted molar refractivity (Wildman–Crippen MR) is 86.1 cm³/mol. The fourth-order valence-corrected chi connectivity index (χ4v) is 2.00. The number of hydrogen-bond donors (Lipinski definition) is 1. The SMILES string of the molecule is CCOC(=O)/C=C(\Nc1ccccc1Cl)c1ccccc1. The Bertz CT molecular complexity index is 638. The Morgan fingerprint density at radius 1 is 1.14 bits per heavy atom. The third-order valence-corrected chi connectivity index (χ3v) is 3.11. The lowest BCUT2D eigenvalue weighted by Crippen LogP contribution is -2.06. The summed E-state index contributed by atoms with van der Waals surface area (Å²) in [5.41, 5.74) is 2.26. The van der Waals surface area contributed by atoms with Gasteiger partial charge < -0.3 is 10.1 Å². The van der Waals surface area contributed by atoms with Crippen molar-refractivity contribution in [1.82, 2.24) is 0 Å². The molecule has 0 unspecified atom stereocenters. The first-order chi connectivity index (χ1) is 10.2. The van der Waals surface area contributed by atoms with E-state index in [2.05, 4.69) is 5.32 Å². The third kappa shape index (κ3) is 4.36. The molecule has 2 aromatic rings. The lowest BCUT2D eigenvalue weighted by Gasteiger charge is -2.12. The number of hydrogen-bond acceptors (Lipinski definition) is 3. The van der Waals surface area contributed by atoms with Gasteiger partial charge in [-0.25, -0.2) is 4.79 Å². The van der Waals surface area contributed by atoms with E-state index >= 15 is 0 Å². The highest BCUT2D eigenvalue weighted by Crippen LogP contribution is 2.25. The summed E-state index contributed by atoms with van der Waals surface area (Å²) in [5, 5.41) is 3.77. The van der Waals surface area contributed by atoms with Crippen LogP contribution in [0.4, 0.5) is 5.69 Å². The smallest absolute Gasteiger partial charge is 0.332 e. The molecule has 0 aliphatic carbocycles. The summed E-state index contributed by atoms with van der Waals surface area (Å²) in [5.74, 6) is -0.393. The van der Waals surface area contributed by atoms with Crippen molar-refractivity contribution in [2.24, 2.45) is 0 Å². The summed E-state index contributed by atoms with van der Waals surface area (Å²) in [7, 11) is 0. The maximum absolute atomic E-state index is 11.7. The number of rotatable bonds is 5. The van der Waals surface area contributed by atoms with Crippen LogP contribution in [0.1, 0.15) is 12.5 Å². The summed E-state index contributed by atoms with van der Waals surface area (Å²) in [6.07, 6.45) is 1.43. The van der Waals surface area contributed by atoms with Gasteiger partial charge in [-0.15, -0.1) is 0 Å². The molecule has 0 heterocycles. The number of para-hydroxylation sites is 1. The average molecular weight is 302 g/mol. The van der Waals surface area contributed by atoms with Gasteiger partial charge in [-0.1, -0.05) is 54.1 Å². The molecule has 0 radical (unpaired) electrons. The average Bonchev–Trinajstić information content (AvgIpc) is 2.50. The topological polar surface area (TPSA) is 38.3 Å². The Hall–Kier alpha value is -2.26. The molecule has 2 rings (SSSR count). The summed E-state index contributed by atoms with van der Waals surface area (Å²) < 4.78 is 4.97. The predicted octanol–water partition coefficient (Wildman–Crippen LogP) is 4.36. The third-order valence-electron chi connectivity index (χ3n) is 2.78. The fourth-order valence-electron chi connectivity index (χ4n) is 1.82. The molecule has 1 N–H and O–H groups in total. The van der Waals surface area contributed by atoms with Gasteiger partial charge in [0.05, 0.1) is 23.0 Å². The first-order valence-electron chi connectivity index (χ1n) is 6.66. The van der Waals surface area contributed by atoms with Gasteiger partial charge in [0.15, 0.2) is 0 Å². The first-order valence-corrected chi connectivity index (χ1v) is 7.04. The first kappa shape index (κ1) is 15.1. The van der Waals surface area contributed by atoms with Crippen LogP contribution >= 0.6 is 11.6 Å². The summed E-state index contributed by atoms with van der Waals surface area (Å²) in [6.45, 7) is 2.11. The van der Waals surface area contributed by atoms with E-state index in [-0.39, 0.29) is 0 Å². The quantitative estimate of drug-likeness (QED) is 0.659. The number of carbonyl (C=O) groups excluding carboxylic acids is 1. The van der Waals surface area contributed by atoms with Gasteiger partial charge in [-0.3, -0.25) is 0 Å². The molecule has 0 atom stereocenters. The van der Waals surface area contributed by atoms with E-state index in [0.29, 0.717) is 17.3 Å². The highest BCUT2D eigenvalue weighted by atomic mass is 35.5. The van der Waals surface area contributed by atoms with E-state index < -0.39 is 5.97 Å². The minimum Gasteiger partial charge on any atom is -0.463 e. The highest BCUT2D eigenvalue weighted by molar-refractivity contribution is 6.33. The molecule has 0 aliphatic rings. The number of benzene rings is 2. The second-order valence-electron chi connectivity index (χ2n) is 4.28. The van der Waals surface area contributed by atoms with Crippen LogP contribution in [-0.4, -0.2) is 12.6 Å². The standard InChI is InChI=1S/C17H16ClNO2/c1-2-21-17(20)12-16(13-8-4-3-5-9-13)19-15-11-7-6-10-14(15)18/h3-12,19H,2H2,1H3/b16-12-. The minimum absolute atomic E-state index is 0.337. The number of ether oxygens (including phenoxy) is 1. The largest absolute Gasteiger partial charge is 0.463 e. The van der Waals surface area contributed by atoms with Crippen molar-refractivity contribution >= 4 is 29.0 Å². The van der Waals surface area contributed by atoms with Crippen molar-refractivity contribution in [3.63, 3.8) is 0 Å². The number of halogens is 1. The second kappa shape index (κ2) is 7.50. The molecule has 2 aromatic carbocycles. The molecular weight excluding hydrogens is 286 g/mol. The fraction of sp³-hybridized carbons (Fsp3) is 0.118. The van der Waals surface area contributed by atoms with Crippen molar-refractivity contribution in [2.45, 2.75) is 6.92 Å². The van der Waals surface area contributed by atoms with E-state index in [1.165, 1.54) is 6.08 Å². The van der Waals surface area contributed by atoms with Gasteiger partial charge in [0, 0.05) is 6.08 Å². The molecule has 108 valence electrons. The van der Waals surface area contributed by atoms with Crippen LogP contribution in [0.2, 0.25) is 5.02 Å². The number of nitrogens with one attached hydrogen (secondary N) is 1. The maximum Gasteiger partial charge on any atom is 0.332 e. The Morgan fingerprint density at radius 2 is 1.81 bits per heavy atom. The molecule has 21 heavy (non-hydrogen) atoms. The minimum atomic E-state index is -0.393. The molecule has 0 spiro atoms. The Labute approximate surface area is 129 Å². The molecule has 0 amide bonds. The highest BCUT2D eigenvalue weighted by Gasteiger charge is 2.07. The molecule has 0 aliphatic heterocycles. The van der Waals surface area contributed by atoms with Crippen LogP contribution in [0.5, 0.6) is 0 Å². The van der Waals surface area contributed by atoms with Crippen molar-refractivity contribution in [3.05, 3.63) is 71.3 Å². The van der Waals surface area contributed by atoms with Gasteiger partial charge in [0.2, 0.25) is 0 Å². The van der Waals surface area contributed by atoms with Crippen molar-refractivity contribution in [3.8, 4) is 0 Å². The molecular formula is C17H16ClNO2. The van der Waals surface area contributed by atoms with Gasteiger partial charge in [0.25, 0.3) is 0 Å². The van der Waals surface area contributed by atoms with Crippen LogP contribution in [-0.2, 0) is 9.53 Å². The molecule has 0 aromatic heterocycles. The van der Waals surface area contributed by atoms with E-state index in [1.54, 1.807) is 13.0 Å². The van der Waals surface area contributed by atoms with E-state index in [4.69, 9.17) is 16.3 Å². The summed E-state index contributed by atoms with van der Waals surface area (Å²) in [4.78, 5) is 11.7. The van der Waals surface area contributed by atoms with Crippen molar-refractivity contribution in [2.75, 3.05) is 11.9 Å². The Morgan fingerprint density at radius 3 is 2.48 bits per heavy atom. The van der Waals surface area contributed by atoms with Crippen LogP contribution in [0.25, 0.3) is 5.70 Å². The molecule has 0 saturated carbocycles. The van der Waals surface area contributed by atoms with Gasteiger partial charge in [-0.05, 0) is 24.6 Å². The summed E-state index contributed by atoms with van der Waals surface area (Å²) in [6, 6.07) is 16.9. The normalized spacial score (nSPS) is 11.0. The van der Waals surface area contributed by atoms with E-state index in [1.807, 2.05) is 48.5 Å².